The lowest BCUT2D eigenvalue weighted by Crippen LogP contribution is -2.17. The van der Waals surface area contributed by atoms with E-state index in [4.69, 9.17) is 27.7 Å². The summed E-state index contributed by atoms with van der Waals surface area (Å²) in [5.41, 5.74) is 1.09. The summed E-state index contributed by atoms with van der Waals surface area (Å²) < 4.78 is 5.22. The summed E-state index contributed by atoms with van der Waals surface area (Å²) in [5, 5.41) is 5.08. The molecule has 0 spiro atoms. The molecular formula is C14H17Cl2N3O. The fourth-order valence-electron chi connectivity index (χ4n) is 1.92. The van der Waals surface area contributed by atoms with E-state index in [2.05, 4.69) is 22.0 Å². The van der Waals surface area contributed by atoms with Crippen molar-refractivity contribution in [2.75, 3.05) is 7.05 Å². The predicted octanol–water partition coefficient (Wildman–Crippen LogP) is 3.96. The van der Waals surface area contributed by atoms with Gasteiger partial charge < -0.3 is 4.52 Å². The molecule has 0 aliphatic heterocycles. The fourth-order valence-corrected chi connectivity index (χ4v) is 2.24. The van der Waals surface area contributed by atoms with Crippen molar-refractivity contribution in [3.8, 4) is 0 Å². The molecule has 1 heterocycles. The first-order chi connectivity index (χ1) is 9.58. The van der Waals surface area contributed by atoms with Crippen molar-refractivity contribution in [2.45, 2.75) is 32.9 Å². The van der Waals surface area contributed by atoms with Gasteiger partial charge in [0.1, 0.15) is 0 Å². The van der Waals surface area contributed by atoms with E-state index in [1.807, 2.05) is 19.2 Å². The summed E-state index contributed by atoms with van der Waals surface area (Å²) in [5.74, 6) is 1.40. The van der Waals surface area contributed by atoms with E-state index < -0.39 is 0 Å². The lowest BCUT2D eigenvalue weighted by atomic mass is 10.2. The van der Waals surface area contributed by atoms with Gasteiger partial charge in [-0.3, -0.25) is 4.90 Å². The molecule has 0 unspecified atom stereocenters. The highest BCUT2D eigenvalue weighted by molar-refractivity contribution is 6.42. The lowest BCUT2D eigenvalue weighted by Gasteiger charge is -2.14. The third-order valence-corrected chi connectivity index (χ3v) is 3.56. The molecule has 1 aromatic heterocycles. The standard InChI is InChI=1S/C14H17Cl2N3O/c1-3-4-13-17-14(20-18-13)9-19(2)8-10-5-6-11(15)12(16)7-10/h5-7H,3-4,8-9H2,1-2H3. The summed E-state index contributed by atoms with van der Waals surface area (Å²) in [6.07, 6.45) is 1.86. The van der Waals surface area contributed by atoms with Gasteiger partial charge in [-0.2, -0.15) is 4.98 Å². The summed E-state index contributed by atoms with van der Waals surface area (Å²) in [7, 11) is 1.99. The molecular weight excluding hydrogens is 297 g/mol. The first-order valence-electron chi connectivity index (χ1n) is 6.52. The van der Waals surface area contributed by atoms with Gasteiger partial charge in [0, 0.05) is 13.0 Å². The first-order valence-corrected chi connectivity index (χ1v) is 7.28. The van der Waals surface area contributed by atoms with Crippen LogP contribution in [0, 0.1) is 0 Å². The largest absolute Gasteiger partial charge is 0.338 e. The Bertz CT molecular complexity index is 571. The Morgan fingerprint density at radius 1 is 1.20 bits per heavy atom. The molecule has 0 saturated carbocycles. The van der Waals surface area contributed by atoms with E-state index in [1.54, 1.807) is 6.07 Å². The van der Waals surface area contributed by atoms with E-state index >= 15 is 0 Å². The Hall–Kier alpha value is -1.10. The molecule has 0 aliphatic carbocycles. The third kappa shape index (κ3) is 4.20. The second kappa shape index (κ2) is 7.07. The zero-order valence-electron chi connectivity index (χ0n) is 11.6. The molecule has 0 saturated heterocycles. The highest BCUT2D eigenvalue weighted by atomic mass is 35.5. The van der Waals surface area contributed by atoms with Crippen LogP contribution in [0.5, 0.6) is 0 Å². The number of aromatic nitrogens is 2. The van der Waals surface area contributed by atoms with Crippen LogP contribution < -0.4 is 0 Å². The van der Waals surface area contributed by atoms with Crippen molar-refractivity contribution in [3.63, 3.8) is 0 Å². The van der Waals surface area contributed by atoms with Gasteiger partial charge >= 0.3 is 0 Å². The smallest absolute Gasteiger partial charge is 0.240 e. The molecule has 0 radical (unpaired) electrons. The van der Waals surface area contributed by atoms with Crippen LogP contribution >= 0.6 is 23.2 Å². The topological polar surface area (TPSA) is 42.2 Å². The minimum Gasteiger partial charge on any atom is -0.338 e. The molecule has 108 valence electrons. The highest BCUT2D eigenvalue weighted by Gasteiger charge is 2.09. The monoisotopic (exact) mass is 313 g/mol. The molecule has 0 N–H and O–H groups in total. The molecule has 2 aromatic rings. The molecule has 0 aliphatic rings. The van der Waals surface area contributed by atoms with Crippen molar-refractivity contribution in [1.29, 1.82) is 0 Å². The van der Waals surface area contributed by atoms with Gasteiger partial charge in [0.25, 0.3) is 0 Å². The van der Waals surface area contributed by atoms with Gasteiger partial charge in [-0.15, -0.1) is 0 Å². The number of aryl methyl sites for hydroxylation is 1. The molecule has 0 fully saturated rings. The minimum atomic E-state index is 0.569. The maximum atomic E-state index is 6.00. The average molecular weight is 314 g/mol. The maximum Gasteiger partial charge on any atom is 0.240 e. The van der Waals surface area contributed by atoms with Gasteiger partial charge in [0.15, 0.2) is 5.82 Å². The van der Waals surface area contributed by atoms with Crippen molar-refractivity contribution < 1.29 is 4.52 Å². The second-order valence-electron chi connectivity index (χ2n) is 4.78. The first kappa shape index (κ1) is 15.3. The Morgan fingerprint density at radius 2 is 2.00 bits per heavy atom. The molecule has 4 nitrogen and oxygen atoms in total. The Kier molecular flexibility index (Phi) is 5.40. The predicted molar refractivity (Wildman–Crippen MR) is 79.9 cm³/mol. The van der Waals surface area contributed by atoms with Gasteiger partial charge in [0.2, 0.25) is 5.89 Å². The number of hydrogen-bond acceptors (Lipinski definition) is 4. The molecule has 2 rings (SSSR count). The van der Waals surface area contributed by atoms with E-state index in [0.717, 1.165) is 30.8 Å². The Balaban J connectivity index is 1.93. The lowest BCUT2D eigenvalue weighted by molar-refractivity contribution is 0.260. The van der Waals surface area contributed by atoms with Gasteiger partial charge in [-0.25, -0.2) is 0 Å². The van der Waals surface area contributed by atoms with E-state index in [9.17, 15) is 0 Å². The number of halogens is 2. The number of hydrogen-bond donors (Lipinski definition) is 0. The zero-order valence-corrected chi connectivity index (χ0v) is 13.1. The summed E-state index contributed by atoms with van der Waals surface area (Å²) in [6, 6.07) is 5.64. The Morgan fingerprint density at radius 3 is 2.70 bits per heavy atom. The van der Waals surface area contributed by atoms with Crippen LogP contribution in [0.15, 0.2) is 22.7 Å². The fraction of sp³-hybridized carbons (Fsp3) is 0.429. The van der Waals surface area contributed by atoms with Crippen LogP contribution in [0.2, 0.25) is 10.0 Å². The molecule has 0 bridgehead atoms. The number of nitrogens with zero attached hydrogens (tertiary/aromatic N) is 3. The molecule has 6 heteroatoms. The van der Waals surface area contributed by atoms with E-state index in [0.29, 0.717) is 22.5 Å². The van der Waals surface area contributed by atoms with E-state index in [1.165, 1.54) is 0 Å². The average Bonchev–Trinajstić information content (AvgIpc) is 2.81. The van der Waals surface area contributed by atoms with Crippen molar-refractivity contribution >= 4 is 23.2 Å². The van der Waals surface area contributed by atoms with Crippen LogP contribution in [0.25, 0.3) is 0 Å². The minimum absolute atomic E-state index is 0.569. The maximum absolute atomic E-state index is 6.00. The molecule has 1 aromatic carbocycles. The summed E-state index contributed by atoms with van der Waals surface area (Å²) in [6.45, 7) is 3.44. The van der Waals surface area contributed by atoms with Crippen molar-refractivity contribution in [3.05, 3.63) is 45.5 Å². The normalized spacial score (nSPS) is 11.2. The quantitative estimate of drug-likeness (QED) is 0.809. The summed E-state index contributed by atoms with van der Waals surface area (Å²) >= 11 is 11.9. The van der Waals surface area contributed by atoms with Crippen molar-refractivity contribution in [2.24, 2.45) is 0 Å². The second-order valence-corrected chi connectivity index (χ2v) is 5.59. The third-order valence-electron chi connectivity index (χ3n) is 2.83. The molecule has 20 heavy (non-hydrogen) atoms. The molecule has 0 atom stereocenters. The highest BCUT2D eigenvalue weighted by Crippen LogP contribution is 2.23. The SMILES string of the molecule is CCCc1noc(CN(C)Cc2ccc(Cl)c(Cl)c2)n1. The number of benzene rings is 1. The summed E-state index contributed by atoms with van der Waals surface area (Å²) in [4.78, 5) is 6.43. The van der Waals surface area contributed by atoms with Crippen LogP contribution in [0.3, 0.4) is 0 Å². The number of rotatable bonds is 6. The molecule has 0 amide bonds. The van der Waals surface area contributed by atoms with Crippen LogP contribution in [-0.4, -0.2) is 22.1 Å². The van der Waals surface area contributed by atoms with Crippen molar-refractivity contribution in [1.82, 2.24) is 15.0 Å². The Labute approximate surface area is 128 Å². The van der Waals surface area contributed by atoms with Crippen LogP contribution in [0.4, 0.5) is 0 Å². The van der Waals surface area contributed by atoms with Crippen LogP contribution in [-0.2, 0) is 19.5 Å². The van der Waals surface area contributed by atoms with E-state index in [-0.39, 0.29) is 0 Å². The zero-order chi connectivity index (χ0) is 14.5. The van der Waals surface area contributed by atoms with Gasteiger partial charge in [0.05, 0.1) is 16.6 Å². The van der Waals surface area contributed by atoms with Crippen LogP contribution in [0.1, 0.15) is 30.6 Å². The van der Waals surface area contributed by atoms with Gasteiger partial charge in [-0.05, 0) is 31.2 Å². The van der Waals surface area contributed by atoms with Gasteiger partial charge in [-0.1, -0.05) is 41.3 Å².